The van der Waals surface area contributed by atoms with E-state index < -0.39 is 5.97 Å². The molecule has 0 aliphatic rings. The zero-order chi connectivity index (χ0) is 13.1. The first-order valence-corrected chi connectivity index (χ1v) is 5.67. The number of benzene rings is 2. The van der Waals surface area contributed by atoms with Gasteiger partial charge in [-0.3, -0.25) is 0 Å². The van der Waals surface area contributed by atoms with Crippen molar-refractivity contribution in [2.45, 2.75) is 0 Å². The van der Waals surface area contributed by atoms with E-state index in [2.05, 4.69) is 4.74 Å². The van der Waals surface area contributed by atoms with Crippen LogP contribution in [0.25, 0.3) is 11.1 Å². The number of carbonyl (C=O) groups is 1. The molecule has 0 aliphatic carbocycles. The normalized spacial score (nSPS) is 10.1. The molecule has 18 heavy (non-hydrogen) atoms. The molecule has 0 radical (unpaired) electrons. The SMILES string of the molecule is COC(=O)c1ccc(-c2ccc(O)cc2)cc1Cl. The van der Waals surface area contributed by atoms with Gasteiger partial charge in [0.05, 0.1) is 17.7 Å². The molecule has 0 atom stereocenters. The molecule has 2 rings (SSSR count). The van der Waals surface area contributed by atoms with E-state index in [0.717, 1.165) is 11.1 Å². The number of hydrogen-bond donors (Lipinski definition) is 1. The molecule has 3 nitrogen and oxygen atoms in total. The number of rotatable bonds is 2. The van der Waals surface area contributed by atoms with E-state index in [0.29, 0.717) is 10.6 Å². The van der Waals surface area contributed by atoms with E-state index in [1.165, 1.54) is 7.11 Å². The molecule has 2 aromatic rings. The topological polar surface area (TPSA) is 46.5 Å². The molecular weight excluding hydrogens is 252 g/mol. The summed E-state index contributed by atoms with van der Waals surface area (Å²) in [5, 5.41) is 9.56. The van der Waals surface area contributed by atoms with Gasteiger partial charge >= 0.3 is 5.97 Å². The van der Waals surface area contributed by atoms with Crippen molar-refractivity contribution in [1.82, 2.24) is 0 Å². The smallest absolute Gasteiger partial charge is 0.339 e. The van der Waals surface area contributed by atoms with E-state index in [1.54, 1.807) is 42.5 Å². The van der Waals surface area contributed by atoms with Crippen LogP contribution in [-0.2, 0) is 4.74 Å². The lowest BCUT2D eigenvalue weighted by atomic mass is 10.0. The Morgan fingerprint density at radius 1 is 1.11 bits per heavy atom. The van der Waals surface area contributed by atoms with Crippen molar-refractivity contribution in [2.24, 2.45) is 0 Å². The molecule has 0 bridgehead atoms. The molecule has 1 N–H and O–H groups in total. The summed E-state index contributed by atoms with van der Waals surface area (Å²) in [6, 6.07) is 11.8. The first kappa shape index (κ1) is 12.5. The van der Waals surface area contributed by atoms with E-state index >= 15 is 0 Å². The Kier molecular flexibility index (Phi) is 3.53. The van der Waals surface area contributed by atoms with Crippen LogP contribution in [0.2, 0.25) is 5.02 Å². The predicted molar refractivity (Wildman–Crippen MR) is 69.9 cm³/mol. The van der Waals surface area contributed by atoms with Crippen LogP contribution in [0.1, 0.15) is 10.4 Å². The second-order valence-electron chi connectivity index (χ2n) is 3.73. The molecule has 0 aliphatic heterocycles. The fourth-order valence-corrected chi connectivity index (χ4v) is 1.88. The Bertz CT molecular complexity index is 576. The summed E-state index contributed by atoms with van der Waals surface area (Å²) in [6.07, 6.45) is 0. The van der Waals surface area contributed by atoms with Crippen LogP contribution in [0.4, 0.5) is 0 Å². The van der Waals surface area contributed by atoms with Crippen LogP contribution in [0, 0.1) is 0 Å². The highest BCUT2D eigenvalue weighted by molar-refractivity contribution is 6.33. The average Bonchev–Trinajstić information content (AvgIpc) is 2.38. The Hall–Kier alpha value is -2.00. The van der Waals surface area contributed by atoms with Crippen molar-refractivity contribution in [2.75, 3.05) is 7.11 Å². The minimum absolute atomic E-state index is 0.205. The Morgan fingerprint density at radius 3 is 2.28 bits per heavy atom. The number of phenols is 1. The van der Waals surface area contributed by atoms with Gasteiger partial charge in [-0.15, -0.1) is 0 Å². The molecule has 0 aromatic heterocycles. The number of esters is 1. The third-order valence-electron chi connectivity index (χ3n) is 2.58. The van der Waals surface area contributed by atoms with Crippen LogP contribution in [0.5, 0.6) is 5.75 Å². The quantitative estimate of drug-likeness (QED) is 0.843. The summed E-state index contributed by atoms with van der Waals surface area (Å²) in [4.78, 5) is 11.4. The molecular formula is C14H11ClO3. The van der Waals surface area contributed by atoms with Gasteiger partial charge in [0, 0.05) is 0 Å². The summed E-state index contributed by atoms with van der Waals surface area (Å²) < 4.78 is 4.62. The van der Waals surface area contributed by atoms with Gasteiger partial charge in [0.2, 0.25) is 0 Å². The molecule has 0 saturated heterocycles. The predicted octanol–water partition coefficient (Wildman–Crippen LogP) is 3.50. The number of carbonyl (C=O) groups excluding carboxylic acids is 1. The number of aromatic hydroxyl groups is 1. The highest BCUT2D eigenvalue weighted by atomic mass is 35.5. The second kappa shape index (κ2) is 5.10. The van der Waals surface area contributed by atoms with E-state index in [4.69, 9.17) is 11.6 Å². The van der Waals surface area contributed by atoms with Gasteiger partial charge in [-0.05, 0) is 35.4 Å². The summed E-state index contributed by atoms with van der Waals surface area (Å²) in [7, 11) is 1.31. The van der Waals surface area contributed by atoms with E-state index in [9.17, 15) is 9.90 Å². The van der Waals surface area contributed by atoms with Gasteiger partial charge in [0.15, 0.2) is 0 Å². The van der Waals surface area contributed by atoms with Crippen molar-refractivity contribution in [1.29, 1.82) is 0 Å². The van der Waals surface area contributed by atoms with Crippen LogP contribution in [0.3, 0.4) is 0 Å². The van der Waals surface area contributed by atoms with Crippen molar-refractivity contribution in [3.05, 3.63) is 53.1 Å². The molecule has 92 valence electrons. The first-order chi connectivity index (χ1) is 8.61. The summed E-state index contributed by atoms with van der Waals surface area (Å²) in [6.45, 7) is 0. The maximum Gasteiger partial charge on any atom is 0.339 e. The second-order valence-corrected chi connectivity index (χ2v) is 4.14. The van der Waals surface area contributed by atoms with Crippen LogP contribution in [0.15, 0.2) is 42.5 Å². The maximum atomic E-state index is 11.4. The lowest BCUT2D eigenvalue weighted by Gasteiger charge is -2.06. The number of halogens is 1. The van der Waals surface area contributed by atoms with Gasteiger partial charge in [0.25, 0.3) is 0 Å². The largest absolute Gasteiger partial charge is 0.508 e. The monoisotopic (exact) mass is 262 g/mol. The standard InChI is InChI=1S/C14H11ClO3/c1-18-14(17)12-7-4-10(8-13(12)15)9-2-5-11(16)6-3-9/h2-8,16H,1H3. The fraction of sp³-hybridized carbons (Fsp3) is 0.0714. The number of ether oxygens (including phenoxy) is 1. The Labute approximate surface area is 110 Å². The summed E-state index contributed by atoms with van der Waals surface area (Å²) in [5.74, 6) is -0.256. The van der Waals surface area contributed by atoms with E-state index in [-0.39, 0.29) is 5.75 Å². The first-order valence-electron chi connectivity index (χ1n) is 5.29. The van der Waals surface area contributed by atoms with Crippen molar-refractivity contribution >= 4 is 17.6 Å². The molecule has 0 fully saturated rings. The van der Waals surface area contributed by atoms with Gasteiger partial charge in [-0.2, -0.15) is 0 Å². The highest BCUT2D eigenvalue weighted by Crippen LogP contribution is 2.27. The third kappa shape index (κ3) is 2.46. The Balaban J connectivity index is 2.40. The zero-order valence-corrected chi connectivity index (χ0v) is 10.4. The lowest BCUT2D eigenvalue weighted by molar-refractivity contribution is 0.0601. The molecule has 0 unspecified atom stereocenters. The molecule has 4 heteroatoms. The molecule has 0 amide bonds. The molecule has 0 saturated carbocycles. The number of methoxy groups -OCH3 is 1. The van der Waals surface area contributed by atoms with Crippen LogP contribution >= 0.6 is 11.6 Å². The summed E-state index contributed by atoms with van der Waals surface area (Å²) >= 11 is 6.03. The number of phenolic OH excluding ortho intramolecular Hbond substituents is 1. The van der Waals surface area contributed by atoms with Crippen molar-refractivity contribution in [3.63, 3.8) is 0 Å². The molecule has 0 heterocycles. The van der Waals surface area contributed by atoms with Crippen molar-refractivity contribution in [3.8, 4) is 16.9 Å². The summed E-state index contributed by atoms with van der Waals surface area (Å²) in [5.41, 5.74) is 2.11. The van der Waals surface area contributed by atoms with Gasteiger partial charge in [-0.25, -0.2) is 4.79 Å². The van der Waals surface area contributed by atoms with Crippen molar-refractivity contribution < 1.29 is 14.6 Å². The van der Waals surface area contributed by atoms with E-state index in [1.807, 2.05) is 0 Å². The minimum Gasteiger partial charge on any atom is -0.508 e. The van der Waals surface area contributed by atoms with Gasteiger partial charge < -0.3 is 9.84 Å². The fourth-order valence-electron chi connectivity index (χ4n) is 1.62. The molecule has 2 aromatic carbocycles. The van der Waals surface area contributed by atoms with Crippen LogP contribution in [-0.4, -0.2) is 18.2 Å². The van der Waals surface area contributed by atoms with Crippen LogP contribution < -0.4 is 0 Å². The highest BCUT2D eigenvalue weighted by Gasteiger charge is 2.11. The van der Waals surface area contributed by atoms with Gasteiger partial charge in [0.1, 0.15) is 5.75 Å². The zero-order valence-electron chi connectivity index (χ0n) is 9.68. The Morgan fingerprint density at radius 2 is 1.72 bits per heavy atom. The van der Waals surface area contributed by atoms with Gasteiger partial charge in [-0.1, -0.05) is 29.8 Å². The number of hydrogen-bond acceptors (Lipinski definition) is 3. The average molecular weight is 263 g/mol. The lowest BCUT2D eigenvalue weighted by Crippen LogP contribution is -2.01. The minimum atomic E-state index is -0.461. The maximum absolute atomic E-state index is 11.4. The third-order valence-corrected chi connectivity index (χ3v) is 2.89. The molecule has 0 spiro atoms.